The number of ether oxygens (including phenoxy) is 4. The maximum absolute atomic E-state index is 13.7. The topological polar surface area (TPSA) is 100 Å². The van der Waals surface area contributed by atoms with Gasteiger partial charge in [-0.05, 0) is 44.7 Å². The maximum atomic E-state index is 13.7. The van der Waals surface area contributed by atoms with Crippen LogP contribution in [0, 0.1) is 5.41 Å². The molecule has 10 heteroatoms. The van der Waals surface area contributed by atoms with Crippen LogP contribution in [0.2, 0.25) is 0 Å². The van der Waals surface area contributed by atoms with E-state index in [0.717, 1.165) is 32.9 Å². The lowest BCUT2D eigenvalue weighted by Gasteiger charge is -2.28. The van der Waals surface area contributed by atoms with Crippen molar-refractivity contribution < 1.29 is 33.4 Å². The van der Waals surface area contributed by atoms with Gasteiger partial charge in [0.2, 0.25) is 5.91 Å². The molecule has 0 saturated carbocycles. The fourth-order valence-corrected chi connectivity index (χ4v) is 5.90. The van der Waals surface area contributed by atoms with Gasteiger partial charge in [0.1, 0.15) is 23.8 Å². The van der Waals surface area contributed by atoms with E-state index in [1.807, 2.05) is 57.2 Å². The molecule has 0 atom stereocenters. The van der Waals surface area contributed by atoms with Crippen molar-refractivity contribution in [1.29, 1.82) is 0 Å². The normalized spacial score (nSPS) is 14.2. The first-order valence-corrected chi connectivity index (χ1v) is 14.8. The van der Waals surface area contributed by atoms with Gasteiger partial charge >= 0.3 is 5.97 Å². The maximum Gasteiger partial charge on any atom is 0.307 e. The predicted octanol–water partition coefficient (Wildman–Crippen LogP) is 2.98. The van der Waals surface area contributed by atoms with Crippen LogP contribution in [0.5, 0.6) is 11.5 Å². The number of hydrogen-bond donors (Lipinski definition) is 2. The standard InChI is InChI=1S/C31H41N3O6S/c1-30(2,3)40-28(35)19-31(17-21-9-7-8-10-22(21)18-31)29(36)32-20-27-33-23-15-25(24(37-6)16-26(23)41-27)39-14-13-38-12-11-34(4)5/h7-10,15-16H,11-14,17-20H2,1-6H3,(H,32,36)/p+1. The third-order valence-corrected chi connectivity index (χ3v) is 7.93. The molecule has 2 N–H and O–H groups in total. The van der Waals surface area contributed by atoms with Crippen LogP contribution in [0.25, 0.3) is 10.2 Å². The number of carbonyl (C=O) groups is 2. The first kappa shape index (κ1) is 30.7. The minimum Gasteiger partial charge on any atom is -0.493 e. The third kappa shape index (κ3) is 8.18. The van der Waals surface area contributed by atoms with Crippen molar-refractivity contribution >= 4 is 33.4 Å². The van der Waals surface area contributed by atoms with Gasteiger partial charge in [-0.25, -0.2) is 4.98 Å². The Bertz CT molecular complexity index is 1340. The van der Waals surface area contributed by atoms with Gasteiger partial charge in [-0.3, -0.25) is 9.59 Å². The van der Waals surface area contributed by atoms with Crippen molar-refractivity contribution in [3.8, 4) is 11.5 Å². The monoisotopic (exact) mass is 584 g/mol. The molecule has 2 aromatic carbocycles. The van der Waals surface area contributed by atoms with E-state index in [-0.39, 0.29) is 24.8 Å². The Labute approximate surface area is 246 Å². The molecule has 222 valence electrons. The third-order valence-electron chi connectivity index (χ3n) is 6.91. The van der Waals surface area contributed by atoms with E-state index >= 15 is 0 Å². The van der Waals surface area contributed by atoms with Crippen LogP contribution in [-0.4, -0.2) is 70.0 Å². The summed E-state index contributed by atoms with van der Waals surface area (Å²) in [4.78, 5) is 32.7. The smallest absolute Gasteiger partial charge is 0.307 e. The van der Waals surface area contributed by atoms with Crippen LogP contribution in [-0.2, 0) is 38.4 Å². The number of nitrogens with zero attached hydrogens (tertiary/aromatic N) is 1. The minimum atomic E-state index is -0.900. The van der Waals surface area contributed by atoms with Gasteiger partial charge in [-0.1, -0.05) is 24.3 Å². The Hall–Kier alpha value is -3.21. The van der Waals surface area contributed by atoms with Gasteiger partial charge in [-0.15, -0.1) is 11.3 Å². The minimum absolute atomic E-state index is 0.0164. The number of rotatable bonds is 13. The van der Waals surface area contributed by atoms with Crippen molar-refractivity contribution in [2.75, 3.05) is 47.6 Å². The van der Waals surface area contributed by atoms with E-state index in [2.05, 4.69) is 19.4 Å². The number of hydrogen-bond acceptors (Lipinski definition) is 8. The summed E-state index contributed by atoms with van der Waals surface area (Å²) in [6.07, 6.45) is 1.00. The number of thiazole rings is 1. The summed E-state index contributed by atoms with van der Waals surface area (Å²) in [5.41, 5.74) is 1.43. The van der Waals surface area contributed by atoms with Crippen LogP contribution in [0.3, 0.4) is 0 Å². The second-order valence-corrected chi connectivity index (χ2v) is 13.0. The summed E-state index contributed by atoms with van der Waals surface area (Å²) in [6, 6.07) is 11.7. The molecule has 1 heterocycles. The fourth-order valence-electron chi connectivity index (χ4n) is 4.98. The average molecular weight is 585 g/mol. The molecule has 1 amide bonds. The summed E-state index contributed by atoms with van der Waals surface area (Å²) in [7, 11) is 5.78. The number of likely N-dealkylation sites (N-methyl/N-ethyl adjacent to an activating group) is 1. The molecular weight excluding hydrogens is 542 g/mol. The summed E-state index contributed by atoms with van der Waals surface area (Å²) in [6.45, 7) is 8.25. The van der Waals surface area contributed by atoms with Crippen LogP contribution >= 0.6 is 11.3 Å². The van der Waals surface area contributed by atoms with Gasteiger partial charge in [0, 0.05) is 12.1 Å². The number of nitrogens with one attached hydrogen (secondary N) is 2. The highest BCUT2D eigenvalue weighted by Crippen LogP contribution is 2.41. The molecule has 0 spiro atoms. The number of benzene rings is 2. The number of aromatic nitrogens is 1. The van der Waals surface area contributed by atoms with Crippen LogP contribution < -0.4 is 19.7 Å². The number of quaternary nitrogens is 1. The molecule has 1 aromatic heterocycles. The zero-order chi connectivity index (χ0) is 29.6. The summed E-state index contributed by atoms with van der Waals surface area (Å²) in [5, 5.41) is 3.83. The van der Waals surface area contributed by atoms with E-state index in [4.69, 9.17) is 23.9 Å². The zero-order valence-electron chi connectivity index (χ0n) is 24.9. The number of fused-ring (bicyclic) bond motifs is 2. The fraction of sp³-hybridized carbons (Fsp3) is 0.516. The molecule has 1 aliphatic rings. The van der Waals surface area contributed by atoms with Crippen LogP contribution in [0.1, 0.15) is 43.3 Å². The lowest BCUT2D eigenvalue weighted by atomic mass is 9.80. The Balaban J connectivity index is 1.43. The molecule has 1 aliphatic carbocycles. The Morgan fingerprint density at radius 1 is 1.05 bits per heavy atom. The number of methoxy groups -OCH3 is 1. The number of carbonyl (C=O) groups excluding carboxylic acids is 2. The number of esters is 1. The van der Waals surface area contributed by atoms with Gasteiger partial charge in [0.15, 0.2) is 11.5 Å². The van der Waals surface area contributed by atoms with Crippen molar-refractivity contribution in [2.45, 2.75) is 52.2 Å². The van der Waals surface area contributed by atoms with E-state index in [1.54, 1.807) is 7.11 Å². The molecule has 0 bridgehead atoms. The highest BCUT2D eigenvalue weighted by Gasteiger charge is 2.46. The SMILES string of the molecule is COc1cc2sc(CNC(=O)C3(CC(=O)OC(C)(C)C)Cc4ccccc4C3)nc2cc1OCCOCC[NH+](C)C. The first-order valence-electron chi connectivity index (χ1n) is 14.0. The van der Waals surface area contributed by atoms with Crippen molar-refractivity contribution in [1.82, 2.24) is 10.3 Å². The molecule has 0 radical (unpaired) electrons. The summed E-state index contributed by atoms with van der Waals surface area (Å²) in [5.74, 6) is 0.679. The van der Waals surface area contributed by atoms with Gasteiger partial charge in [0.25, 0.3) is 0 Å². The van der Waals surface area contributed by atoms with Crippen molar-refractivity contribution in [3.63, 3.8) is 0 Å². The van der Waals surface area contributed by atoms with Gasteiger partial charge in [0.05, 0.1) is 63.0 Å². The number of amides is 1. The second kappa shape index (κ2) is 13.2. The average Bonchev–Trinajstić information content (AvgIpc) is 3.47. The molecule has 4 rings (SSSR count). The molecular formula is C31H42N3O6S+. The van der Waals surface area contributed by atoms with Crippen molar-refractivity contribution in [2.24, 2.45) is 5.41 Å². The quantitative estimate of drug-likeness (QED) is 0.235. The zero-order valence-corrected chi connectivity index (χ0v) is 25.7. The van der Waals surface area contributed by atoms with Gasteiger partial charge in [-0.2, -0.15) is 0 Å². The molecule has 41 heavy (non-hydrogen) atoms. The van der Waals surface area contributed by atoms with Crippen molar-refractivity contribution in [3.05, 3.63) is 52.5 Å². The first-order chi connectivity index (χ1) is 19.5. The van der Waals surface area contributed by atoms with E-state index in [9.17, 15) is 9.59 Å². The Morgan fingerprint density at radius 2 is 1.76 bits per heavy atom. The highest BCUT2D eigenvalue weighted by molar-refractivity contribution is 7.18. The van der Waals surface area contributed by atoms with Crippen LogP contribution in [0.4, 0.5) is 0 Å². The molecule has 0 saturated heterocycles. The molecule has 0 aliphatic heterocycles. The van der Waals surface area contributed by atoms with E-state index < -0.39 is 11.0 Å². The summed E-state index contributed by atoms with van der Waals surface area (Å²) >= 11 is 1.49. The molecule has 0 unspecified atom stereocenters. The predicted molar refractivity (Wildman–Crippen MR) is 159 cm³/mol. The van der Waals surface area contributed by atoms with Crippen LogP contribution in [0.15, 0.2) is 36.4 Å². The Kier molecular flexibility index (Phi) is 9.88. The Morgan fingerprint density at radius 3 is 2.39 bits per heavy atom. The molecule has 9 nitrogen and oxygen atoms in total. The highest BCUT2D eigenvalue weighted by atomic mass is 32.1. The second-order valence-electron chi connectivity index (χ2n) is 11.8. The van der Waals surface area contributed by atoms with E-state index in [0.29, 0.717) is 44.2 Å². The van der Waals surface area contributed by atoms with E-state index in [1.165, 1.54) is 16.2 Å². The largest absolute Gasteiger partial charge is 0.493 e. The summed E-state index contributed by atoms with van der Waals surface area (Å²) < 4.78 is 23.6. The molecule has 0 fully saturated rings. The lowest BCUT2D eigenvalue weighted by Crippen LogP contribution is -3.06. The van der Waals surface area contributed by atoms with Gasteiger partial charge < -0.3 is 29.2 Å². The lowest BCUT2D eigenvalue weighted by molar-refractivity contribution is -0.858. The molecule has 3 aromatic rings.